The fourth-order valence-corrected chi connectivity index (χ4v) is 1.97. The summed E-state index contributed by atoms with van der Waals surface area (Å²) in [5, 5.41) is 2.58. The summed E-state index contributed by atoms with van der Waals surface area (Å²) < 4.78 is 0. The van der Waals surface area contributed by atoms with E-state index in [1.165, 1.54) is 24.8 Å². The van der Waals surface area contributed by atoms with Gasteiger partial charge in [-0.05, 0) is 12.8 Å². The fourth-order valence-electron chi connectivity index (χ4n) is 1.97. The molecule has 3 N–H and O–H groups in total. The second-order valence-corrected chi connectivity index (χ2v) is 5.07. The summed E-state index contributed by atoms with van der Waals surface area (Å²) in [5.41, 5.74) is 5.97. The molecule has 25 heavy (non-hydrogen) atoms. The first-order chi connectivity index (χ1) is 12.1. The highest BCUT2D eigenvalue weighted by molar-refractivity contribution is 5.87. The Balaban J connectivity index is 0.000000212. The number of nitrogens with two attached hydrogens (primary N) is 1. The Morgan fingerprint density at radius 3 is 1.92 bits per heavy atom. The van der Waals surface area contributed by atoms with Crippen LogP contribution in [0.25, 0.3) is 0 Å². The van der Waals surface area contributed by atoms with Gasteiger partial charge in [-0.2, -0.15) is 0 Å². The van der Waals surface area contributed by atoms with Gasteiger partial charge in [0.05, 0.1) is 11.1 Å². The van der Waals surface area contributed by atoms with Crippen LogP contribution in [0.5, 0.6) is 0 Å². The van der Waals surface area contributed by atoms with E-state index in [1.54, 1.807) is 4.90 Å². The fraction of sp³-hybridized carbons (Fsp3) is 0.267. The molecule has 1 aliphatic rings. The van der Waals surface area contributed by atoms with Gasteiger partial charge in [-0.15, -0.1) is 0 Å². The van der Waals surface area contributed by atoms with Crippen LogP contribution in [0.4, 0.5) is 16.7 Å². The van der Waals surface area contributed by atoms with Crippen molar-refractivity contribution in [1.82, 2.24) is 24.8 Å². The topological polar surface area (TPSA) is 144 Å². The molecule has 3 rings (SSSR count). The lowest BCUT2D eigenvalue weighted by atomic mass is 10.4. The molecule has 0 radical (unpaired) electrons. The maximum atomic E-state index is 11.6. The standard InChI is InChI=1S/C10H12N4O2.C5H5N3O/c15-7-8-5-11-9(12-6-8)13-10(16)14-3-1-2-4-14;6-5-7-1-4(3-9)2-8-5/h5-7H,1-4H2,(H,11,12,13,16);1-3H,(H2,6,7,8). The van der Waals surface area contributed by atoms with Gasteiger partial charge >= 0.3 is 6.03 Å². The number of carbonyl (C=O) groups is 3. The van der Waals surface area contributed by atoms with Crippen molar-refractivity contribution < 1.29 is 14.4 Å². The van der Waals surface area contributed by atoms with Crippen molar-refractivity contribution >= 4 is 30.5 Å². The molecule has 0 bridgehead atoms. The second kappa shape index (κ2) is 9.01. The van der Waals surface area contributed by atoms with Gasteiger partial charge in [0.2, 0.25) is 11.9 Å². The van der Waals surface area contributed by atoms with Crippen LogP contribution >= 0.6 is 0 Å². The van der Waals surface area contributed by atoms with Gasteiger partial charge in [0.25, 0.3) is 0 Å². The third kappa shape index (κ3) is 5.61. The molecule has 0 aliphatic carbocycles. The number of urea groups is 1. The average Bonchev–Trinajstić information content (AvgIpc) is 3.18. The van der Waals surface area contributed by atoms with Crippen LogP contribution in [0.2, 0.25) is 0 Å². The first kappa shape index (κ1) is 17.9. The Hall–Kier alpha value is -3.43. The highest BCUT2D eigenvalue weighted by atomic mass is 16.2. The van der Waals surface area contributed by atoms with Crippen molar-refractivity contribution in [2.24, 2.45) is 0 Å². The monoisotopic (exact) mass is 343 g/mol. The van der Waals surface area contributed by atoms with Crippen molar-refractivity contribution in [3.05, 3.63) is 35.9 Å². The molecule has 3 heterocycles. The van der Waals surface area contributed by atoms with E-state index >= 15 is 0 Å². The summed E-state index contributed by atoms with van der Waals surface area (Å²) in [6, 6.07) is -0.184. The predicted molar refractivity (Wildman–Crippen MR) is 89.1 cm³/mol. The smallest absolute Gasteiger partial charge is 0.324 e. The van der Waals surface area contributed by atoms with E-state index in [1.807, 2.05) is 0 Å². The third-order valence-electron chi connectivity index (χ3n) is 3.25. The summed E-state index contributed by atoms with van der Waals surface area (Å²) in [6.07, 6.45) is 8.89. The van der Waals surface area contributed by atoms with Gasteiger partial charge in [-0.25, -0.2) is 24.7 Å². The molecule has 0 saturated carbocycles. The highest BCUT2D eigenvalue weighted by Gasteiger charge is 2.18. The second-order valence-electron chi connectivity index (χ2n) is 5.07. The van der Waals surface area contributed by atoms with E-state index in [9.17, 15) is 14.4 Å². The summed E-state index contributed by atoms with van der Waals surface area (Å²) in [4.78, 5) is 48.6. The van der Waals surface area contributed by atoms with Crippen LogP contribution in [0.1, 0.15) is 33.6 Å². The zero-order chi connectivity index (χ0) is 18.1. The number of hydrogen-bond acceptors (Lipinski definition) is 8. The number of hydrogen-bond donors (Lipinski definition) is 2. The minimum Gasteiger partial charge on any atom is -0.368 e. The molecule has 0 atom stereocenters. The molecular weight excluding hydrogens is 326 g/mol. The Bertz CT molecular complexity index is 713. The van der Waals surface area contributed by atoms with E-state index in [-0.39, 0.29) is 17.9 Å². The van der Waals surface area contributed by atoms with Crippen molar-refractivity contribution in [2.75, 3.05) is 24.1 Å². The predicted octanol–water partition coefficient (Wildman–Crippen LogP) is 0.788. The molecule has 1 saturated heterocycles. The number of carbonyl (C=O) groups excluding carboxylic acids is 3. The Morgan fingerprint density at radius 1 is 0.960 bits per heavy atom. The number of likely N-dealkylation sites (tertiary alicyclic amines) is 1. The zero-order valence-corrected chi connectivity index (χ0v) is 13.3. The minimum absolute atomic E-state index is 0.181. The largest absolute Gasteiger partial charge is 0.368 e. The van der Waals surface area contributed by atoms with E-state index in [0.717, 1.165) is 25.9 Å². The molecule has 0 aromatic carbocycles. The van der Waals surface area contributed by atoms with Crippen LogP contribution in [0.3, 0.4) is 0 Å². The maximum Gasteiger partial charge on any atom is 0.324 e. The normalized spacial score (nSPS) is 12.7. The van der Waals surface area contributed by atoms with Gasteiger partial charge in [0, 0.05) is 37.9 Å². The first-order valence-electron chi connectivity index (χ1n) is 7.48. The van der Waals surface area contributed by atoms with Crippen LogP contribution < -0.4 is 11.1 Å². The van der Waals surface area contributed by atoms with Crippen molar-refractivity contribution in [2.45, 2.75) is 12.8 Å². The highest BCUT2D eigenvalue weighted by Crippen LogP contribution is 2.09. The summed E-state index contributed by atoms with van der Waals surface area (Å²) in [6.45, 7) is 1.55. The van der Waals surface area contributed by atoms with Crippen molar-refractivity contribution in [1.29, 1.82) is 0 Å². The molecule has 2 amide bonds. The van der Waals surface area contributed by atoms with Gasteiger partial charge in [0.15, 0.2) is 12.6 Å². The van der Waals surface area contributed by atoms with E-state index < -0.39 is 0 Å². The van der Waals surface area contributed by atoms with Crippen molar-refractivity contribution in [3.8, 4) is 0 Å². The molecular formula is C15H17N7O3. The number of nitrogens with one attached hydrogen (secondary N) is 1. The molecule has 130 valence electrons. The number of rotatable bonds is 3. The summed E-state index contributed by atoms with van der Waals surface area (Å²) in [5.74, 6) is 0.406. The first-order valence-corrected chi connectivity index (χ1v) is 7.48. The molecule has 0 unspecified atom stereocenters. The lowest BCUT2D eigenvalue weighted by Crippen LogP contribution is -2.32. The number of aldehydes is 2. The van der Waals surface area contributed by atoms with Crippen LogP contribution in [-0.2, 0) is 0 Å². The van der Waals surface area contributed by atoms with Gasteiger partial charge in [-0.1, -0.05) is 0 Å². The molecule has 2 aromatic heterocycles. The van der Waals surface area contributed by atoms with Crippen LogP contribution in [0.15, 0.2) is 24.8 Å². The van der Waals surface area contributed by atoms with E-state index in [0.29, 0.717) is 23.7 Å². The Morgan fingerprint density at radius 2 is 1.44 bits per heavy atom. The number of amides is 2. The van der Waals surface area contributed by atoms with Gasteiger partial charge < -0.3 is 10.6 Å². The quantitative estimate of drug-likeness (QED) is 0.778. The third-order valence-corrected chi connectivity index (χ3v) is 3.25. The minimum atomic E-state index is -0.184. The molecule has 10 heteroatoms. The SMILES string of the molecule is Nc1ncc(C=O)cn1.O=Cc1cnc(NC(=O)N2CCCC2)nc1. The summed E-state index contributed by atoms with van der Waals surface area (Å²) in [7, 11) is 0. The zero-order valence-electron chi connectivity index (χ0n) is 13.3. The van der Waals surface area contributed by atoms with Crippen molar-refractivity contribution in [3.63, 3.8) is 0 Å². The molecule has 10 nitrogen and oxygen atoms in total. The van der Waals surface area contributed by atoms with Crippen LogP contribution in [0, 0.1) is 0 Å². The maximum absolute atomic E-state index is 11.6. The Kier molecular flexibility index (Phi) is 6.46. The number of anilines is 2. The molecule has 1 fully saturated rings. The lowest BCUT2D eigenvalue weighted by Gasteiger charge is -2.14. The van der Waals surface area contributed by atoms with E-state index in [4.69, 9.17) is 5.73 Å². The van der Waals surface area contributed by atoms with Crippen LogP contribution in [-0.4, -0.2) is 56.5 Å². The molecule has 2 aromatic rings. The van der Waals surface area contributed by atoms with E-state index in [2.05, 4.69) is 25.3 Å². The van der Waals surface area contributed by atoms with Gasteiger partial charge in [-0.3, -0.25) is 14.9 Å². The average molecular weight is 343 g/mol. The number of nitrogen functional groups attached to an aromatic ring is 1. The molecule has 0 spiro atoms. The Labute approximate surface area is 143 Å². The number of aromatic nitrogens is 4. The summed E-state index contributed by atoms with van der Waals surface area (Å²) >= 11 is 0. The molecule has 1 aliphatic heterocycles. The number of nitrogens with zero attached hydrogens (tertiary/aromatic N) is 5. The van der Waals surface area contributed by atoms with Gasteiger partial charge in [0.1, 0.15) is 0 Å². The lowest BCUT2D eigenvalue weighted by molar-refractivity contribution is 0.111.